The molecule has 1 aromatic carbocycles. The molecule has 1 amide bonds. The summed E-state index contributed by atoms with van der Waals surface area (Å²) in [6.45, 7) is 2.81. The van der Waals surface area contributed by atoms with E-state index in [0.717, 1.165) is 5.56 Å². The summed E-state index contributed by atoms with van der Waals surface area (Å²) in [7, 11) is 3.30. The second-order valence-electron chi connectivity index (χ2n) is 8.80. The Kier molecular flexibility index (Phi) is 4.80. The molecule has 0 radical (unpaired) electrons. The Balaban J connectivity index is 1.47. The van der Waals surface area contributed by atoms with E-state index >= 15 is 0 Å². The first-order chi connectivity index (χ1) is 16.9. The first-order valence-corrected chi connectivity index (χ1v) is 11.2. The van der Waals surface area contributed by atoms with E-state index in [4.69, 9.17) is 9.47 Å². The minimum atomic E-state index is -0.285. The average Bonchev–Trinajstić information content (AvgIpc) is 3.50. The fraction of sp³-hybridized carbons (Fsp3) is 0.292. The number of anilines is 1. The van der Waals surface area contributed by atoms with Crippen molar-refractivity contribution in [1.29, 1.82) is 0 Å². The Hall–Kier alpha value is -4.28. The SMILES string of the molecule is Cc1nc(C(=O)N(C)C)ncc1-c1cc2c(n3cnnc13)NCc1c(F)ccc3c1[C@@H](CO3)CO2. The molecule has 0 saturated heterocycles. The molecule has 10 nitrogen and oxygen atoms in total. The fourth-order valence-electron chi connectivity index (χ4n) is 4.62. The Morgan fingerprint density at radius 2 is 2.00 bits per heavy atom. The zero-order valence-corrected chi connectivity index (χ0v) is 19.4. The predicted molar refractivity (Wildman–Crippen MR) is 124 cm³/mol. The van der Waals surface area contributed by atoms with Crippen LogP contribution >= 0.6 is 0 Å². The molecule has 2 aliphatic rings. The minimum Gasteiger partial charge on any atom is -0.493 e. The van der Waals surface area contributed by atoms with Crippen molar-refractivity contribution in [3.8, 4) is 22.6 Å². The van der Waals surface area contributed by atoms with E-state index in [1.165, 1.54) is 11.0 Å². The van der Waals surface area contributed by atoms with Crippen LogP contribution in [0.25, 0.3) is 16.8 Å². The summed E-state index contributed by atoms with van der Waals surface area (Å²) in [5, 5.41) is 11.7. The number of halogens is 1. The summed E-state index contributed by atoms with van der Waals surface area (Å²) in [5.74, 6) is 1.33. The highest BCUT2D eigenvalue weighted by atomic mass is 19.1. The average molecular weight is 475 g/mol. The van der Waals surface area contributed by atoms with Crippen LogP contribution in [0.15, 0.2) is 30.7 Å². The molecule has 0 spiro atoms. The molecule has 0 unspecified atom stereocenters. The molecular formula is C24H22FN7O3. The number of benzene rings is 1. The Morgan fingerprint density at radius 3 is 2.77 bits per heavy atom. The van der Waals surface area contributed by atoms with Gasteiger partial charge >= 0.3 is 0 Å². The van der Waals surface area contributed by atoms with Gasteiger partial charge in [0.25, 0.3) is 5.91 Å². The molecular weight excluding hydrogens is 453 g/mol. The Morgan fingerprint density at radius 1 is 1.20 bits per heavy atom. The van der Waals surface area contributed by atoms with Crippen LogP contribution in [-0.2, 0) is 6.54 Å². The first kappa shape index (κ1) is 21.3. The number of hydrogen-bond donors (Lipinski definition) is 1. The number of aryl methyl sites for hydroxylation is 1. The van der Waals surface area contributed by atoms with Gasteiger partial charge in [-0.05, 0) is 25.1 Å². The van der Waals surface area contributed by atoms with Crippen LogP contribution in [0.5, 0.6) is 11.5 Å². The molecule has 178 valence electrons. The molecule has 35 heavy (non-hydrogen) atoms. The number of ether oxygens (including phenoxy) is 2. The normalized spacial score (nSPS) is 16.2. The van der Waals surface area contributed by atoms with Gasteiger partial charge in [-0.3, -0.25) is 9.20 Å². The van der Waals surface area contributed by atoms with Crippen LogP contribution in [0.1, 0.15) is 33.4 Å². The van der Waals surface area contributed by atoms with Crippen LogP contribution in [0.2, 0.25) is 0 Å². The maximum atomic E-state index is 14.8. The maximum Gasteiger partial charge on any atom is 0.291 e. The standard InChI is InChI=1S/C24H22FN7O3/c1-12-15(7-26-21(29-12)24(33)31(2)3)14-6-19-23(32-11-28-30-22(14)32)27-8-16-17(25)4-5-18-20(16)13(9-34-18)10-35-19/h4-7,11,13,27H,8-10H2,1-3H3/t13-/m0/s1. The van der Waals surface area contributed by atoms with E-state index in [1.54, 1.807) is 37.1 Å². The lowest BCUT2D eigenvalue weighted by atomic mass is 9.96. The van der Waals surface area contributed by atoms with Crippen LogP contribution in [0.4, 0.5) is 10.2 Å². The summed E-state index contributed by atoms with van der Waals surface area (Å²) < 4.78 is 28.6. The molecule has 0 aliphatic carbocycles. The van der Waals surface area contributed by atoms with Gasteiger partial charge in [0.1, 0.15) is 17.9 Å². The number of nitrogens with one attached hydrogen (secondary N) is 1. The van der Waals surface area contributed by atoms with Gasteiger partial charge in [-0.15, -0.1) is 10.2 Å². The second kappa shape index (κ2) is 7.90. The molecule has 0 bridgehead atoms. The highest BCUT2D eigenvalue weighted by Gasteiger charge is 2.32. The lowest BCUT2D eigenvalue weighted by molar-refractivity contribution is 0.0815. The van der Waals surface area contributed by atoms with Crippen molar-refractivity contribution in [3.63, 3.8) is 0 Å². The van der Waals surface area contributed by atoms with Crippen LogP contribution in [0, 0.1) is 12.7 Å². The van der Waals surface area contributed by atoms with Crippen molar-refractivity contribution in [2.45, 2.75) is 19.4 Å². The zero-order valence-electron chi connectivity index (χ0n) is 19.4. The van der Waals surface area contributed by atoms with Crippen molar-refractivity contribution in [2.24, 2.45) is 0 Å². The molecule has 6 rings (SSSR count). The Labute approximate surface area is 199 Å². The lowest BCUT2D eigenvalue weighted by Gasteiger charge is -2.17. The number of aromatic nitrogens is 5. The highest BCUT2D eigenvalue weighted by molar-refractivity contribution is 5.91. The number of pyridine rings is 1. The number of rotatable bonds is 2. The number of amides is 1. The van der Waals surface area contributed by atoms with Gasteiger partial charge in [-0.2, -0.15) is 0 Å². The molecule has 1 N–H and O–H groups in total. The van der Waals surface area contributed by atoms with Crippen molar-refractivity contribution < 1.29 is 18.7 Å². The number of hydrogen-bond acceptors (Lipinski definition) is 8. The van der Waals surface area contributed by atoms with E-state index in [9.17, 15) is 9.18 Å². The molecule has 0 saturated carbocycles. The summed E-state index contributed by atoms with van der Waals surface area (Å²) in [5.41, 5.74) is 3.99. The number of carbonyl (C=O) groups excluding carboxylic acids is 1. The summed E-state index contributed by atoms with van der Waals surface area (Å²) in [6.07, 6.45) is 3.19. The minimum absolute atomic E-state index is 0.0927. The van der Waals surface area contributed by atoms with E-state index in [2.05, 4.69) is 25.5 Å². The van der Waals surface area contributed by atoms with Gasteiger partial charge in [-0.25, -0.2) is 14.4 Å². The van der Waals surface area contributed by atoms with Crippen molar-refractivity contribution in [3.05, 3.63) is 59.2 Å². The van der Waals surface area contributed by atoms with Crippen molar-refractivity contribution >= 4 is 17.4 Å². The summed E-state index contributed by atoms with van der Waals surface area (Å²) in [6, 6.07) is 4.96. The molecule has 11 heteroatoms. The Bertz CT molecular complexity index is 1500. The van der Waals surface area contributed by atoms with Crippen LogP contribution in [-0.4, -0.2) is 62.7 Å². The van der Waals surface area contributed by atoms with Crippen LogP contribution < -0.4 is 14.8 Å². The summed E-state index contributed by atoms with van der Waals surface area (Å²) >= 11 is 0. The molecule has 0 fully saturated rings. The van der Waals surface area contributed by atoms with Gasteiger partial charge in [0.05, 0.1) is 19.1 Å². The van der Waals surface area contributed by atoms with E-state index < -0.39 is 0 Å². The molecule has 1 atom stereocenters. The third-order valence-corrected chi connectivity index (χ3v) is 6.39. The van der Waals surface area contributed by atoms with Crippen molar-refractivity contribution in [2.75, 3.05) is 32.6 Å². The third-order valence-electron chi connectivity index (χ3n) is 6.39. The quantitative estimate of drug-likeness (QED) is 0.472. The van der Waals surface area contributed by atoms with E-state index in [0.29, 0.717) is 58.6 Å². The highest BCUT2D eigenvalue weighted by Crippen LogP contribution is 2.42. The third kappa shape index (κ3) is 3.34. The van der Waals surface area contributed by atoms with E-state index in [1.807, 2.05) is 13.0 Å². The first-order valence-electron chi connectivity index (χ1n) is 11.2. The van der Waals surface area contributed by atoms with Gasteiger partial charge < -0.3 is 19.7 Å². The number of carbonyl (C=O) groups is 1. The van der Waals surface area contributed by atoms with Crippen LogP contribution in [0.3, 0.4) is 0 Å². The van der Waals surface area contributed by atoms with Gasteiger partial charge in [0, 0.05) is 54.8 Å². The molecule has 2 aliphatic heterocycles. The largest absolute Gasteiger partial charge is 0.493 e. The molecule has 3 aromatic heterocycles. The molecule has 5 heterocycles. The second-order valence-corrected chi connectivity index (χ2v) is 8.80. The number of fused-ring (bicyclic) bond motifs is 3. The lowest BCUT2D eigenvalue weighted by Crippen LogP contribution is -2.24. The fourth-order valence-corrected chi connectivity index (χ4v) is 4.62. The molecule has 4 aromatic rings. The van der Waals surface area contributed by atoms with E-state index in [-0.39, 0.29) is 30.0 Å². The maximum absolute atomic E-state index is 14.8. The smallest absolute Gasteiger partial charge is 0.291 e. The van der Waals surface area contributed by atoms with Crippen molar-refractivity contribution in [1.82, 2.24) is 29.5 Å². The monoisotopic (exact) mass is 475 g/mol. The topological polar surface area (TPSA) is 107 Å². The zero-order chi connectivity index (χ0) is 24.3. The van der Waals surface area contributed by atoms with Gasteiger partial charge in [0.2, 0.25) is 5.82 Å². The predicted octanol–water partition coefficient (Wildman–Crippen LogP) is 2.82. The number of nitrogens with zero attached hydrogens (tertiary/aromatic N) is 6. The summed E-state index contributed by atoms with van der Waals surface area (Å²) in [4.78, 5) is 22.4. The van der Waals surface area contributed by atoms with Gasteiger partial charge in [-0.1, -0.05) is 0 Å². The van der Waals surface area contributed by atoms with Gasteiger partial charge in [0.15, 0.2) is 17.2 Å².